The summed E-state index contributed by atoms with van der Waals surface area (Å²) in [7, 11) is 0. The zero-order chi connectivity index (χ0) is 7.52. The van der Waals surface area contributed by atoms with Crippen LogP contribution in [0.25, 0.3) is 11.4 Å². The van der Waals surface area contributed by atoms with Crippen LogP contribution in [0.15, 0.2) is 36.7 Å². The van der Waals surface area contributed by atoms with Gasteiger partial charge in [-0.2, -0.15) is 0 Å². The number of benzene rings is 1. The Morgan fingerprint density at radius 3 is 3.00 bits per heavy atom. The summed E-state index contributed by atoms with van der Waals surface area (Å²) in [6.07, 6.45) is 3.53. The van der Waals surface area contributed by atoms with Crippen molar-refractivity contribution in [1.82, 2.24) is 9.97 Å². The highest BCUT2D eigenvalue weighted by molar-refractivity contribution is 5.52. The molecule has 0 saturated heterocycles. The molecule has 0 amide bonds. The molecule has 1 aromatic heterocycles. The second-order valence-corrected chi connectivity index (χ2v) is 2.21. The lowest BCUT2D eigenvalue weighted by Crippen LogP contribution is -1.77. The molecule has 0 unspecified atom stereocenters. The summed E-state index contributed by atoms with van der Waals surface area (Å²) < 4.78 is 0. The van der Waals surface area contributed by atoms with E-state index in [2.05, 4.69) is 16.0 Å². The molecule has 0 aliphatic rings. The zero-order valence-electron chi connectivity index (χ0n) is 5.91. The molecule has 1 aromatic carbocycles. The van der Waals surface area contributed by atoms with E-state index in [1.165, 1.54) is 0 Å². The molecule has 0 saturated carbocycles. The number of rotatable bonds is 1. The summed E-state index contributed by atoms with van der Waals surface area (Å²) in [6, 6.07) is 10.8. The molecule has 11 heavy (non-hydrogen) atoms. The van der Waals surface area contributed by atoms with Crippen molar-refractivity contribution in [2.45, 2.75) is 0 Å². The van der Waals surface area contributed by atoms with Gasteiger partial charge in [0.1, 0.15) is 0 Å². The quantitative estimate of drug-likeness (QED) is 0.606. The van der Waals surface area contributed by atoms with Crippen molar-refractivity contribution in [3.8, 4) is 11.4 Å². The molecular formula is C9H7N2-. The third kappa shape index (κ3) is 1.15. The average Bonchev–Trinajstić information content (AvgIpc) is 2.58. The van der Waals surface area contributed by atoms with Crippen LogP contribution in [0, 0.1) is 6.07 Å². The molecule has 0 spiro atoms. The van der Waals surface area contributed by atoms with Crippen molar-refractivity contribution in [2.24, 2.45) is 0 Å². The Kier molecular flexibility index (Phi) is 1.44. The summed E-state index contributed by atoms with van der Waals surface area (Å²) in [5, 5.41) is 0. The Bertz CT molecular complexity index is 311. The van der Waals surface area contributed by atoms with Crippen molar-refractivity contribution in [1.29, 1.82) is 0 Å². The number of hydrogen-bond donors (Lipinski definition) is 1. The van der Waals surface area contributed by atoms with Gasteiger partial charge in [0.05, 0.1) is 5.82 Å². The van der Waals surface area contributed by atoms with Crippen LogP contribution in [0.1, 0.15) is 0 Å². The van der Waals surface area contributed by atoms with E-state index in [1.54, 1.807) is 12.4 Å². The molecule has 0 fully saturated rings. The highest BCUT2D eigenvalue weighted by Crippen LogP contribution is 2.11. The van der Waals surface area contributed by atoms with Crippen LogP contribution in [0.5, 0.6) is 0 Å². The second-order valence-electron chi connectivity index (χ2n) is 2.21. The number of nitrogens with zero attached hydrogens (tertiary/aromatic N) is 1. The second kappa shape index (κ2) is 2.58. The minimum Gasteiger partial charge on any atom is -0.384 e. The zero-order valence-corrected chi connectivity index (χ0v) is 5.91. The lowest BCUT2D eigenvalue weighted by molar-refractivity contribution is 1.31. The highest BCUT2D eigenvalue weighted by Gasteiger charge is 1.86. The molecule has 1 heterocycles. The van der Waals surface area contributed by atoms with Gasteiger partial charge < -0.3 is 4.98 Å². The fourth-order valence-electron chi connectivity index (χ4n) is 0.953. The smallest absolute Gasteiger partial charge is 0.0531 e. The van der Waals surface area contributed by atoms with Crippen LogP contribution >= 0.6 is 0 Å². The van der Waals surface area contributed by atoms with Crippen molar-refractivity contribution in [2.75, 3.05) is 0 Å². The van der Waals surface area contributed by atoms with Crippen molar-refractivity contribution in [3.63, 3.8) is 0 Å². The standard InChI is InChI=1S/C9H7N2/c1-2-4-8(5-3-1)9-10-6-7-11-9/h1-4,6-7H,(H,10,11)/q-1. The van der Waals surface area contributed by atoms with Gasteiger partial charge in [0, 0.05) is 12.4 Å². The fraction of sp³-hybridized carbons (Fsp3) is 0. The first kappa shape index (κ1) is 6.16. The largest absolute Gasteiger partial charge is 0.384 e. The van der Waals surface area contributed by atoms with Crippen LogP contribution in [-0.4, -0.2) is 9.97 Å². The maximum absolute atomic E-state index is 4.10. The number of aromatic amines is 1. The van der Waals surface area contributed by atoms with E-state index in [4.69, 9.17) is 0 Å². The molecule has 2 nitrogen and oxygen atoms in total. The van der Waals surface area contributed by atoms with Gasteiger partial charge in [0.15, 0.2) is 0 Å². The van der Waals surface area contributed by atoms with Crippen molar-refractivity contribution < 1.29 is 0 Å². The molecular weight excluding hydrogens is 136 g/mol. The summed E-state index contributed by atoms with van der Waals surface area (Å²) in [4.78, 5) is 7.11. The molecule has 2 rings (SSSR count). The van der Waals surface area contributed by atoms with Crippen LogP contribution in [0.4, 0.5) is 0 Å². The Morgan fingerprint density at radius 2 is 2.36 bits per heavy atom. The third-order valence-corrected chi connectivity index (χ3v) is 1.46. The molecule has 0 aliphatic carbocycles. The van der Waals surface area contributed by atoms with Gasteiger partial charge in [-0.3, -0.25) is 4.98 Å². The fourth-order valence-corrected chi connectivity index (χ4v) is 0.953. The molecule has 1 N–H and O–H groups in total. The van der Waals surface area contributed by atoms with E-state index in [9.17, 15) is 0 Å². The maximum atomic E-state index is 4.10. The number of aromatic nitrogens is 2. The van der Waals surface area contributed by atoms with Gasteiger partial charge >= 0.3 is 0 Å². The first-order valence-electron chi connectivity index (χ1n) is 3.43. The van der Waals surface area contributed by atoms with Crippen LogP contribution in [-0.2, 0) is 0 Å². The van der Waals surface area contributed by atoms with Gasteiger partial charge in [-0.1, -0.05) is 0 Å². The van der Waals surface area contributed by atoms with Crippen LogP contribution in [0.3, 0.4) is 0 Å². The first-order valence-corrected chi connectivity index (χ1v) is 3.43. The Morgan fingerprint density at radius 1 is 1.36 bits per heavy atom. The van der Waals surface area contributed by atoms with Gasteiger partial charge in [-0.15, -0.1) is 35.9 Å². The summed E-state index contributed by atoms with van der Waals surface area (Å²) in [6.45, 7) is 0. The summed E-state index contributed by atoms with van der Waals surface area (Å²) in [5.74, 6) is 0.866. The van der Waals surface area contributed by atoms with Gasteiger partial charge in [0.2, 0.25) is 0 Å². The number of nitrogens with one attached hydrogen (secondary N) is 1. The lowest BCUT2D eigenvalue weighted by atomic mass is 10.2. The minimum atomic E-state index is 0.866. The third-order valence-electron chi connectivity index (χ3n) is 1.46. The van der Waals surface area contributed by atoms with Gasteiger partial charge in [-0.05, 0) is 0 Å². The summed E-state index contributed by atoms with van der Waals surface area (Å²) in [5.41, 5.74) is 0.998. The van der Waals surface area contributed by atoms with Gasteiger partial charge in [0.25, 0.3) is 0 Å². The molecule has 0 bridgehead atoms. The van der Waals surface area contributed by atoms with Crippen molar-refractivity contribution in [3.05, 3.63) is 42.7 Å². The average molecular weight is 143 g/mol. The minimum absolute atomic E-state index is 0.866. The number of imidazole rings is 1. The molecule has 2 aromatic rings. The lowest BCUT2D eigenvalue weighted by Gasteiger charge is -2.01. The van der Waals surface area contributed by atoms with E-state index in [0.717, 1.165) is 11.4 Å². The first-order chi connectivity index (χ1) is 5.47. The SMILES string of the molecule is [c-]1ccccc1-c1ncc[nH]1. The van der Waals surface area contributed by atoms with E-state index in [0.29, 0.717) is 0 Å². The molecule has 0 radical (unpaired) electrons. The van der Waals surface area contributed by atoms with E-state index >= 15 is 0 Å². The molecule has 0 aliphatic heterocycles. The molecule has 2 heteroatoms. The molecule has 54 valence electrons. The van der Waals surface area contributed by atoms with Gasteiger partial charge in [-0.25, -0.2) is 0 Å². The number of H-pyrrole nitrogens is 1. The van der Waals surface area contributed by atoms with E-state index in [-0.39, 0.29) is 0 Å². The topological polar surface area (TPSA) is 28.7 Å². The maximum Gasteiger partial charge on any atom is 0.0531 e. The predicted molar refractivity (Wildman–Crippen MR) is 42.9 cm³/mol. The Labute approximate surface area is 64.9 Å². The monoisotopic (exact) mass is 143 g/mol. The molecule has 0 atom stereocenters. The van der Waals surface area contributed by atoms with Crippen LogP contribution in [0.2, 0.25) is 0 Å². The highest BCUT2D eigenvalue weighted by atomic mass is 14.9. The van der Waals surface area contributed by atoms with E-state index in [1.807, 2.05) is 24.3 Å². The van der Waals surface area contributed by atoms with Crippen LogP contribution < -0.4 is 0 Å². The normalized spacial score (nSPS) is 9.82. The Hall–Kier alpha value is -1.57. The predicted octanol–water partition coefficient (Wildman–Crippen LogP) is 1.88. The summed E-state index contributed by atoms with van der Waals surface area (Å²) >= 11 is 0. The Balaban J connectivity index is 2.46. The number of hydrogen-bond acceptors (Lipinski definition) is 1. The van der Waals surface area contributed by atoms with E-state index < -0.39 is 0 Å². The van der Waals surface area contributed by atoms with Crippen molar-refractivity contribution >= 4 is 0 Å².